The third-order valence-corrected chi connectivity index (χ3v) is 13.3. The van der Waals surface area contributed by atoms with Gasteiger partial charge in [-0.25, -0.2) is 17.9 Å². The Morgan fingerprint density at radius 2 is 1.83 bits per heavy atom. The Bertz CT molecular complexity index is 1980. The molecule has 2 aromatic rings. The van der Waals surface area contributed by atoms with Gasteiger partial charge in [-0.2, -0.15) is 0 Å². The van der Waals surface area contributed by atoms with E-state index in [-0.39, 0.29) is 49.9 Å². The number of carbonyl (C=O) groups excluding carboxylic acids is 3. The van der Waals surface area contributed by atoms with E-state index in [1.807, 2.05) is 19.1 Å². The minimum Gasteiger partial charge on any atom is -0.471 e. The van der Waals surface area contributed by atoms with Gasteiger partial charge in [0.2, 0.25) is 27.7 Å². The van der Waals surface area contributed by atoms with E-state index in [1.165, 1.54) is 16.7 Å². The Labute approximate surface area is 307 Å². The fraction of sp³-hybridized carbons (Fsp3) is 0.611. The largest absolute Gasteiger partial charge is 0.471 e. The molecule has 4 aliphatic rings. The molecule has 2 aliphatic carbocycles. The first-order valence-corrected chi connectivity index (χ1v) is 19.6. The molecule has 288 valence electrons. The van der Waals surface area contributed by atoms with Gasteiger partial charge in [-0.3, -0.25) is 23.9 Å². The Balaban J connectivity index is 1.36. The fourth-order valence-corrected chi connectivity index (χ4v) is 8.82. The lowest BCUT2D eigenvalue weighted by Gasteiger charge is -2.32. The molecular formula is C36H48N6O10S. The number of aromatic nitrogens is 2. The number of sulfonamides is 1. The first kappa shape index (κ1) is 38.2. The molecule has 1 aromatic carbocycles. The van der Waals surface area contributed by atoms with Crippen LogP contribution in [0.1, 0.15) is 65.7 Å². The number of methoxy groups -OCH3 is 1. The van der Waals surface area contributed by atoms with Gasteiger partial charge >= 0.3 is 6.09 Å². The summed E-state index contributed by atoms with van der Waals surface area (Å²) in [5.41, 5.74) is -1.93. The maximum atomic E-state index is 14.4. The first-order chi connectivity index (χ1) is 25.1. The lowest BCUT2D eigenvalue weighted by atomic mass is 9.88. The zero-order valence-corrected chi connectivity index (χ0v) is 31.2. The smallest absolute Gasteiger partial charge is 0.405 e. The molecule has 0 radical (unpaired) electrons. The normalized spacial score (nSPS) is 29.9. The molecule has 2 saturated carbocycles. The summed E-state index contributed by atoms with van der Waals surface area (Å²) in [5, 5.41) is 20.2. The molecule has 1 saturated heterocycles. The van der Waals surface area contributed by atoms with Crippen LogP contribution in [0.5, 0.6) is 5.88 Å². The van der Waals surface area contributed by atoms with E-state index < -0.39 is 74.1 Å². The number of ether oxygens (including phenoxy) is 2. The quantitative estimate of drug-likeness (QED) is 0.271. The predicted molar refractivity (Wildman–Crippen MR) is 192 cm³/mol. The van der Waals surface area contributed by atoms with Crippen molar-refractivity contribution < 1.29 is 42.2 Å². The van der Waals surface area contributed by atoms with E-state index in [4.69, 9.17) is 9.47 Å². The number of fused-ring (bicyclic) bond motifs is 3. The second-order valence-corrected chi connectivity index (χ2v) is 17.5. The highest BCUT2D eigenvalue weighted by Crippen LogP contribution is 2.47. The Kier molecular flexibility index (Phi) is 10.6. The Morgan fingerprint density at radius 3 is 2.51 bits per heavy atom. The number of hydrogen-bond acceptors (Lipinski definition) is 10. The molecule has 3 heterocycles. The van der Waals surface area contributed by atoms with Crippen molar-refractivity contribution in [3.63, 3.8) is 0 Å². The number of benzene rings is 1. The van der Waals surface area contributed by atoms with Crippen LogP contribution >= 0.6 is 0 Å². The fourth-order valence-electron chi connectivity index (χ4n) is 7.51. The van der Waals surface area contributed by atoms with Gasteiger partial charge in [-0.15, -0.1) is 5.10 Å². The summed E-state index contributed by atoms with van der Waals surface area (Å²) in [4.78, 5) is 69.1. The van der Waals surface area contributed by atoms with Crippen molar-refractivity contribution in [2.45, 2.75) is 101 Å². The summed E-state index contributed by atoms with van der Waals surface area (Å²) in [6.07, 6.45) is 4.28. The Morgan fingerprint density at radius 1 is 1.11 bits per heavy atom. The van der Waals surface area contributed by atoms with Crippen LogP contribution < -0.4 is 25.7 Å². The summed E-state index contributed by atoms with van der Waals surface area (Å²) in [6.45, 7) is 5.58. The topological polar surface area (TPSA) is 215 Å². The summed E-state index contributed by atoms with van der Waals surface area (Å²) in [5.74, 6) is -2.93. The van der Waals surface area contributed by atoms with Gasteiger partial charge in [0.15, 0.2) is 0 Å². The molecule has 16 nitrogen and oxygen atoms in total. The average Bonchev–Trinajstić information content (AvgIpc) is 3.99. The third kappa shape index (κ3) is 7.77. The predicted octanol–water partition coefficient (Wildman–Crippen LogP) is 1.91. The molecule has 4 N–H and O–H groups in total. The van der Waals surface area contributed by atoms with Gasteiger partial charge in [0.25, 0.3) is 11.5 Å². The third-order valence-electron chi connectivity index (χ3n) is 11.1. The average molecular weight is 757 g/mol. The summed E-state index contributed by atoms with van der Waals surface area (Å²) in [7, 11) is -2.53. The van der Waals surface area contributed by atoms with Crippen LogP contribution in [0.15, 0.2) is 41.2 Å². The van der Waals surface area contributed by atoms with E-state index in [2.05, 4.69) is 20.5 Å². The monoisotopic (exact) mass is 756 g/mol. The molecule has 1 aromatic heterocycles. The zero-order chi connectivity index (χ0) is 38.3. The van der Waals surface area contributed by atoms with E-state index >= 15 is 0 Å². The van der Waals surface area contributed by atoms with Gasteiger partial charge in [0.1, 0.15) is 23.7 Å². The van der Waals surface area contributed by atoms with Crippen molar-refractivity contribution in [2.75, 3.05) is 20.3 Å². The minimum atomic E-state index is -4.02. The molecule has 6 rings (SSSR count). The van der Waals surface area contributed by atoms with Crippen LogP contribution in [0.25, 0.3) is 10.8 Å². The number of amides is 4. The molecule has 3 fully saturated rings. The second kappa shape index (κ2) is 14.7. The molecule has 0 bridgehead atoms. The maximum Gasteiger partial charge on any atom is 0.405 e. The summed E-state index contributed by atoms with van der Waals surface area (Å²) in [6, 6.07) is 4.34. The lowest BCUT2D eigenvalue weighted by Crippen LogP contribution is -2.59. The van der Waals surface area contributed by atoms with Crippen LogP contribution in [-0.4, -0.2) is 101 Å². The van der Waals surface area contributed by atoms with Gasteiger partial charge in [0.05, 0.1) is 35.2 Å². The van der Waals surface area contributed by atoms with E-state index in [0.29, 0.717) is 36.5 Å². The number of rotatable bonds is 9. The number of carboxylic acid groups (broad SMARTS) is 1. The lowest BCUT2D eigenvalue weighted by molar-refractivity contribution is -0.142. The maximum absolute atomic E-state index is 14.4. The SMILES string of the molecule is COCCn1nc(O[C@@H]2C[C@H]3C(=O)N[C@]4(C(=O)NS(=O)(=O)C5(C)CC5)C[C@H]4C=CCC[C@@H](C)C[C@@H](C)[C@H](NC(=O)O)C(=O)N3C2)c2ccccc2c1=O. The van der Waals surface area contributed by atoms with Crippen LogP contribution in [0, 0.1) is 17.8 Å². The molecule has 2 aliphatic heterocycles. The molecule has 0 spiro atoms. The van der Waals surface area contributed by atoms with Crippen molar-refractivity contribution in [1.29, 1.82) is 0 Å². The van der Waals surface area contributed by atoms with E-state index in [9.17, 15) is 37.5 Å². The van der Waals surface area contributed by atoms with Crippen LogP contribution in [-0.2, 0) is 35.7 Å². The highest BCUT2D eigenvalue weighted by molar-refractivity contribution is 7.91. The first-order valence-electron chi connectivity index (χ1n) is 18.1. The van der Waals surface area contributed by atoms with Crippen LogP contribution in [0.3, 0.4) is 0 Å². The summed E-state index contributed by atoms with van der Waals surface area (Å²) >= 11 is 0. The standard InChI is InChI=1S/C36H48N6O10S/c1-21-9-5-6-10-23-19-36(23,33(46)40-53(49,50)35(3)13-14-35)38-29(43)27-18-24(20-41(27)32(45)28(22(2)17-21)37-34(47)48)52-30-25-11-7-8-12-26(25)31(44)42(39-30)15-16-51-4/h6-8,10-12,21-24,27-28,37H,5,9,13-20H2,1-4H3,(H,38,43)(H,40,46)(H,47,48)/t21-,22-,23-,24-,27+,28+,36-/m1/s1. The van der Waals surface area contributed by atoms with E-state index in [0.717, 1.165) is 6.42 Å². The molecule has 0 unspecified atom stereocenters. The number of nitrogens with one attached hydrogen (secondary N) is 3. The van der Waals surface area contributed by atoms with Crippen molar-refractivity contribution >= 4 is 44.6 Å². The van der Waals surface area contributed by atoms with Gasteiger partial charge in [-0.1, -0.05) is 38.1 Å². The minimum absolute atomic E-state index is 0.0655. The molecule has 17 heteroatoms. The molecule has 4 amide bonds. The highest BCUT2D eigenvalue weighted by Gasteiger charge is 2.63. The number of carbonyl (C=O) groups is 4. The van der Waals surface area contributed by atoms with Gasteiger partial charge < -0.3 is 30.1 Å². The van der Waals surface area contributed by atoms with Crippen molar-refractivity contribution in [2.24, 2.45) is 17.8 Å². The molecular weight excluding hydrogens is 708 g/mol. The number of nitrogens with zero attached hydrogens (tertiary/aromatic N) is 3. The zero-order valence-electron chi connectivity index (χ0n) is 30.4. The van der Waals surface area contributed by atoms with Gasteiger partial charge in [-0.05, 0) is 69.4 Å². The van der Waals surface area contributed by atoms with Crippen LogP contribution in [0.4, 0.5) is 4.79 Å². The van der Waals surface area contributed by atoms with Gasteiger partial charge in [0, 0.05) is 19.4 Å². The van der Waals surface area contributed by atoms with Crippen molar-refractivity contribution in [3.05, 3.63) is 46.8 Å². The highest BCUT2D eigenvalue weighted by atomic mass is 32.2. The van der Waals surface area contributed by atoms with Crippen LogP contribution in [0.2, 0.25) is 0 Å². The molecule has 53 heavy (non-hydrogen) atoms. The van der Waals surface area contributed by atoms with E-state index in [1.54, 1.807) is 38.1 Å². The Hall–Kier alpha value is -4.51. The number of allylic oxidation sites excluding steroid dienone is 1. The molecule has 7 atom stereocenters. The van der Waals surface area contributed by atoms with Crippen molar-refractivity contribution in [1.82, 2.24) is 30.0 Å². The second-order valence-electron chi connectivity index (χ2n) is 15.3. The number of hydrogen-bond donors (Lipinski definition) is 4. The summed E-state index contributed by atoms with van der Waals surface area (Å²) < 4.78 is 40.2. The van der Waals surface area contributed by atoms with Crippen molar-refractivity contribution in [3.8, 4) is 5.88 Å².